The summed E-state index contributed by atoms with van der Waals surface area (Å²) in [5, 5.41) is 12.6. The first-order valence-electron chi connectivity index (χ1n) is 6.88. The summed E-state index contributed by atoms with van der Waals surface area (Å²) in [6.07, 6.45) is -1.81. The van der Waals surface area contributed by atoms with E-state index in [4.69, 9.17) is 0 Å². The topological polar surface area (TPSA) is 61.3 Å². The largest absolute Gasteiger partial charge is 0.433 e. The third-order valence-electron chi connectivity index (χ3n) is 3.78. The van der Waals surface area contributed by atoms with Crippen molar-refractivity contribution in [2.75, 3.05) is 24.3 Å². The maximum absolute atomic E-state index is 12.9. The monoisotopic (exact) mass is 304 g/mol. The van der Waals surface area contributed by atoms with Gasteiger partial charge in [-0.05, 0) is 12.8 Å². The molecule has 0 bridgehead atoms. The fourth-order valence-corrected chi connectivity index (χ4v) is 2.59. The molecular formula is C13H19F3N4O. The number of halogens is 3. The van der Waals surface area contributed by atoms with Gasteiger partial charge in [0.1, 0.15) is 5.82 Å². The van der Waals surface area contributed by atoms with Gasteiger partial charge in [-0.3, -0.25) is 0 Å². The highest BCUT2D eigenvalue weighted by Crippen LogP contribution is 2.32. The fourth-order valence-electron chi connectivity index (χ4n) is 2.59. The van der Waals surface area contributed by atoms with Crippen LogP contribution in [-0.4, -0.2) is 41.3 Å². The first-order chi connectivity index (χ1) is 9.82. The number of likely N-dealkylation sites (N-methyl/N-ethyl adjacent to an activating group) is 1. The molecule has 5 nitrogen and oxygen atoms in total. The lowest BCUT2D eigenvalue weighted by Crippen LogP contribution is -2.44. The molecule has 2 rings (SSSR count). The smallest absolute Gasteiger partial charge is 0.391 e. The zero-order valence-electron chi connectivity index (χ0n) is 12.0. The van der Waals surface area contributed by atoms with Crippen LogP contribution in [0.2, 0.25) is 0 Å². The van der Waals surface area contributed by atoms with E-state index in [1.807, 2.05) is 0 Å². The van der Waals surface area contributed by atoms with E-state index in [2.05, 4.69) is 15.3 Å². The van der Waals surface area contributed by atoms with E-state index >= 15 is 0 Å². The molecule has 0 radical (unpaired) electrons. The van der Waals surface area contributed by atoms with Crippen molar-refractivity contribution in [3.05, 3.63) is 11.8 Å². The highest BCUT2D eigenvalue weighted by Gasteiger charge is 2.35. The van der Waals surface area contributed by atoms with E-state index in [1.54, 1.807) is 11.9 Å². The van der Waals surface area contributed by atoms with Gasteiger partial charge in [0, 0.05) is 20.2 Å². The average Bonchev–Trinajstić information content (AvgIpc) is 2.45. The predicted molar refractivity (Wildman–Crippen MR) is 73.2 cm³/mol. The molecule has 0 aliphatic heterocycles. The standard InChI is InChI=1S/C13H19F3N4O/c1-17-12-18-10(13(14,15)16)7-11(19-12)20(2)8-5-3-4-6-9(8)21/h7-9,21H,3-6H2,1-2H3,(H,17,18,19). The molecule has 0 saturated heterocycles. The molecule has 118 valence electrons. The van der Waals surface area contributed by atoms with Crippen LogP contribution in [-0.2, 0) is 6.18 Å². The number of nitrogens with one attached hydrogen (secondary N) is 1. The summed E-state index contributed by atoms with van der Waals surface area (Å²) in [5.41, 5.74) is -0.992. The molecule has 1 aliphatic carbocycles. The number of rotatable bonds is 3. The summed E-state index contributed by atoms with van der Waals surface area (Å²) in [6, 6.07) is 0.696. The van der Waals surface area contributed by atoms with Gasteiger partial charge < -0.3 is 15.3 Å². The minimum atomic E-state index is -4.53. The van der Waals surface area contributed by atoms with E-state index in [0.717, 1.165) is 25.3 Å². The number of nitrogens with zero attached hydrogens (tertiary/aromatic N) is 3. The quantitative estimate of drug-likeness (QED) is 0.897. The van der Waals surface area contributed by atoms with E-state index in [-0.39, 0.29) is 17.8 Å². The van der Waals surface area contributed by atoms with Crippen LogP contribution in [0.25, 0.3) is 0 Å². The van der Waals surface area contributed by atoms with Gasteiger partial charge in [0.15, 0.2) is 5.69 Å². The second-order valence-corrected chi connectivity index (χ2v) is 5.21. The Morgan fingerprint density at radius 3 is 2.52 bits per heavy atom. The summed E-state index contributed by atoms with van der Waals surface area (Å²) in [6.45, 7) is 0. The molecule has 1 fully saturated rings. The van der Waals surface area contributed by atoms with Crippen molar-refractivity contribution in [1.29, 1.82) is 0 Å². The molecule has 1 saturated carbocycles. The molecule has 1 aliphatic rings. The number of aliphatic hydroxyl groups excluding tert-OH is 1. The van der Waals surface area contributed by atoms with Gasteiger partial charge in [-0.1, -0.05) is 12.8 Å². The molecule has 2 atom stereocenters. The number of aliphatic hydroxyl groups is 1. The second kappa shape index (κ2) is 6.05. The Labute approximate surface area is 121 Å². The van der Waals surface area contributed by atoms with Gasteiger partial charge in [0.05, 0.1) is 12.1 Å². The molecule has 8 heteroatoms. The highest BCUT2D eigenvalue weighted by atomic mass is 19.4. The van der Waals surface area contributed by atoms with Gasteiger partial charge in [0.2, 0.25) is 5.95 Å². The normalized spacial score (nSPS) is 23.0. The van der Waals surface area contributed by atoms with Crippen LogP contribution in [0.5, 0.6) is 0 Å². The Morgan fingerprint density at radius 1 is 1.29 bits per heavy atom. The van der Waals surface area contributed by atoms with Gasteiger partial charge in [-0.15, -0.1) is 0 Å². The van der Waals surface area contributed by atoms with Crippen LogP contribution in [0.15, 0.2) is 6.07 Å². The van der Waals surface area contributed by atoms with E-state index in [9.17, 15) is 18.3 Å². The SMILES string of the molecule is CNc1nc(N(C)C2CCCCC2O)cc(C(F)(F)F)n1. The lowest BCUT2D eigenvalue weighted by molar-refractivity contribution is -0.141. The Balaban J connectivity index is 2.33. The van der Waals surface area contributed by atoms with Crippen molar-refractivity contribution in [2.24, 2.45) is 0 Å². The van der Waals surface area contributed by atoms with Crippen molar-refractivity contribution in [3.8, 4) is 0 Å². The van der Waals surface area contributed by atoms with Crippen molar-refractivity contribution in [2.45, 2.75) is 44.0 Å². The zero-order valence-corrected chi connectivity index (χ0v) is 12.0. The van der Waals surface area contributed by atoms with Crippen molar-refractivity contribution < 1.29 is 18.3 Å². The first-order valence-corrected chi connectivity index (χ1v) is 6.88. The highest BCUT2D eigenvalue weighted by molar-refractivity contribution is 5.46. The van der Waals surface area contributed by atoms with Crippen LogP contribution >= 0.6 is 0 Å². The van der Waals surface area contributed by atoms with Gasteiger partial charge in [-0.2, -0.15) is 18.2 Å². The van der Waals surface area contributed by atoms with Gasteiger partial charge in [0.25, 0.3) is 0 Å². The molecule has 2 unspecified atom stereocenters. The summed E-state index contributed by atoms with van der Waals surface area (Å²) in [7, 11) is 3.12. The number of anilines is 2. The Bertz CT molecular complexity index is 495. The molecule has 1 heterocycles. The Hall–Kier alpha value is -1.57. The lowest BCUT2D eigenvalue weighted by Gasteiger charge is -2.36. The van der Waals surface area contributed by atoms with Crippen LogP contribution in [0.3, 0.4) is 0 Å². The maximum atomic E-state index is 12.9. The van der Waals surface area contributed by atoms with Crippen LogP contribution in [0.1, 0.15) is 31.4 Å². The van der Waals surface area contributed by atoms with Gasteiger partial charge in [-0.25, -0.2) is 4.98 Å². The van der Waals surface area contributed by atoms with E-state index < -0.39 is 18.0 Å². The van der Waals surface area contributed by atoms with Crippen molar-refractivity contribution in [1.82, 2.24) is 9.97 Å². The van der Waals surface area contributed by atoms with E-state index in [1.165, 1.54) is 7.05 Å². The van der Waals surface area contributed by atoms with Crippen LogP contribution in [0, 0.1) is 0 Å². The molecule has 0 aromatic carbocycles. The molecule has 21 heavy (non-hydrogen) atoms. The second-order valence-electron chi connectivity index (χ2n) is 5.21. The number of hydrogen-bond acceptors (Lipinski definition) is 5. The summed E-state index contributed by atoms with van der Waals surface area (Å²) in [5.74, 6) is 0.0737. The summed E-state index contributed by atoms with van der Waals surface area (Å²) >= 11 is 0. The Morgan fingerprint density at radius 2 is 1.95 bits per heavy atom. The maximum Gasteiger partial charge on any atom is 0.433 e. The first kappa shape index (κ1) is 15.8. The molecular weight excluding hydrogens is 285 g/mol. The van der Waals surface area contributed by atoms with Crippen molar-refractivity contribution in [3.63, 3.8) is 0 Å². The third kappa shape index (κ3) is 3.55. The van der Waals surface area contributed by atoms with E-state index in [0.29, 0.717) is 6.42 Å². The lowest BCUT2D eigenvalue weighted by atomic mass is 9.91. The third-order valence-corrected chi connectivity index (χ3v) is 3.78. The van der Waals surface area contributed by atoms with Crippen LogP contribution < -0.4 is 10.2 Å². The van der Waals surface area contributed by atoms with Crippen molar-refractivity contribution >= 4 is 11.8 Å². The summed E-state index contributed by atoms with van der Waals surface area (Å²) < 4.78 is 38.6. The molecule has 2 N–H and O–H groups in total. The molecule has 1 aromatic rings. The van der Waals surface area contributed by atoms with Crippen LogP contribution in [0.4, 0.5) is 24.9 Å². The molecule has 1 aromatic heterocycles. The minimum Gasteiger partial charge on any atom is -0.391 e. The number of aromatic nitrogens is 2. The number of alkyl halides is 3. The van der Waals surface area contributed by atoms with Gasteiger partial charge >= 0.3 is 6.18 Å². The Kier molecular flexibility index (Phi) is 4.55. The molecule has 0 spiro atoms. The average molecular weight is 304 g/mol. The molecule has 0 amide bonds. The summed E-state index contributed by atoms with van der Waals surface area (Å²) in [4.78, 5) is 9.11. The fraction of sp³-hybridized carbons (Fsp3) is 0.692. The predicted octanol–water partition coefficient (Wildman–Crippen LogP) is 2.28. The number of hydrogen-bond donors (Lipinski definition) is 2. The minimum absolute atomic E-state index is 0.0861. The zero-order chi connectivity index (χ0) is 15.6.